The zero-order valence-electron chi connectivity index (χ0n) is 15.4. The van der Waals surface area contributed by atoms with Crippen molar-refractivity contribution in [3.05, 3.63) is 89.5 Å². The lowest BCUT2D eigenvalue weighted by atomic mass is 9.95. The molecule has 3 aromatic carbocycles. The Kier molecular flexibility index (Phi) is 5.83. The molecule has 0 aliphatic rings. The van der Waals surface area contributed by atoms with E-state index in [0.717, 1.165) is 11.1 Å². The lowest BCUT2D eigenvalue weighted by molar-refractivity contribution is -0.119. The van der Waals surface area contributed by atoms with E-state index in [-0.39, 0.29) is 11.8 Å². The average Bonchev–Trinajstić information content (AvgIpc) is 2.75. The number of amides is 2. The van der Waals surface area contributed by atoms with Crippen LogP contribution in [-0.4, -0.2) is 18.9 Å². The SMILES string of the molecule is CNC(=O)Cc1ccc(NC(=O)c2ccccc2-c2ccccc2C#N)cc1. The van der Waals surface area contributed by atoms with E-state index in [2.05, 4.69) is 16.7 Å². The molecule has 138 valence electrons. The van der Waals surface area contributed by atoms with E-state index in [1.165, 1.54) is 0 Å². The quantitative estimate of drug-likeness (QED) is 0.718. The second-order valence-corrected chi connectivity index (χ2v) is 6.20. The third-order valence-electron chi connectivity index (χ3n) is 4.36. The predicted octanol–water partition coefficient (Wildman–Crippen LogP) is 3.77. The number of likely N-dealkylation sites (N-methyl/N-ethyl adjacent to an activating group) is 1. The van der Waals surface area contributed by atoms with E-state index in [1.54, 1.807) is 43.4 Å². The molecule has 0 unspecified atom stereocenters. The zero-order chi connectivity index (χ0) is 19.9. The summed E-state index contributed by atoms with van der Waals surface area (Å²) in [6, 6.07) is 23.7. The minimum Gasteiger partial charge on any atom is -0.359 e. The zero-order valence-corrected chi connectivity index (χ0v) is 15.4. The highest BCUT2D eigenvalue weighted by molar-refractivity contribution is 6.09. The highest BCUT2D eigenvalue weighted by Crippen LogP contribution is 2.27. The maximum atomic E-state index is 12.9. The van der Waals surface area contributed by atoms with Crippen molar-refractivity contribution in [3.8, 4) is 17.2 Å². The Morgan fingerprint density at radius 2 is 1.54 bits per heavy atom. The predicted molar refractivity (Wildman–Crippen MR) is 109 cm³/mol. The second-order valence-electron chi connectivity index (χ2n) is 6.20. The van der Waals surface area contributed by atoms with Crippen LogP contribution in [0.2, 0.25) is 0 Å². The molecule has 5 nitrogen and oxygen atoms in total. The Balaban J connectivity index is 1.84. The summed E-state index contributed by atoms with van der Waals surface area (Å²) in [6.07, 6.45) is 0.290. The number of nitrogens with one attached hydrogen (secondary N) is 2. The van der Waals surface area contributed by atoms with Crippen LogP contribution >= 0.6 is 0 Å². The van der Waals surface area contributed by atoms with Crippen molar-refractivity contribution < 1.29 is 9.59 Å². The van der Waals surface area contributed by atoms with Gasteiger partial charge in [0.2, 0.25) is 5.91 Å². The van der Waals surface area contributed by atoms with Gasteiger partial charge in [-0.15, -0.1) is 0 Å². The minimum absolute atomic E-state index is 0.0677. The smallest absolute Gasteiger partial charge is 0.256 e. The number of rotatable bonds is 5. The van der Waals surface area contributed by atoms with Crippen LogP contribution < -0.4 is 10.6 Å². The van der Waals surface area contributed by atoms with Gasteiger partial charge in [0.15, 0.2) is 0 Å². The topological polar surface area (TPSA) is 82.0 Å². The summed E-state index contributed by atoms with van der Waals surface area (Å²) in [4.78, 5) is 24.3. The molecule has 3 aromatic rings. The summed E-state index contributed by atoms with van der Waals surface area (Å²) in [5, 5.41) is 14.8. The Labute approximate surface area is 163 Å². The fraction of sp³-hybridized carbons (Fsp3) is 0.0870. The van der Waals surface area contributed by atoms with Gasteiger partial charge in [-0.25, -0.2) is 0 Å². The van der Waals surface area contributed by atoms with Gasteiger partial charge in [-0.1, -0.05) is 48.5 Å². The molecule has 5 heteroatoms. The standard InChI is InChI=1S/C23H19N3O2/c1-25-22(27)14-16-10-12-18(13-11-16)26-23(28)21-9-5-4-8-20(21)19-7-3-2-6-17(19)15-24/h2-13H,14H2,1H3,(H,25,27)(H,26,28). The monoisotopic (exact) mass is 369 g/mol. The van der Waals surface area contributed by atoms with Gasteiger partial charge in [-0.2, -0.15) is 5.26 Å². The van der Waals surface area contributed by atoms with Gasteiger partial charge in [-0.05, 0) is 35.4 Å². The molecule has 28 heavy (non-hydrogen) atoms. The van der Waals surface area contributed by atoms with Crippen LogP contribution in [-0.2, 0) is 11.2 Å². The third kappa shape index (κ3) is 4.25. The minimum atomic E-state index is -0.262. The molecule has 2 N–H and O–H groups in total. The number of anilines is 1. The maximum Gasteiger partial charge on any atom is 0.256 e. The summed E-state index contributed by atoms with van der Waals surface area (Å²) >= 11 is 0. The van der Waals surface area contributed by atoms with Gasteiger partial charge >= 0.3 is 0 Å². The van der Waals surface area contributed by atoms with Crippen LogP contribution in [0.25, 0.3) is 11.1 Å². The van der Waals surface area contributed by atoms with Gasteiger partial charge in [0, 0.05) is 23.9 Å². The lowest BCUT2D eigenvalue weighted by Gasteiger charge is -2.12. The summed E-state index contributed by atoms with van der Waals surface area (Å²) in [5.41, 5.74) is 3.92. The Bertz CT molecular complexity index is 1050. The van der Waals surface area contributed by atoms with Crippen LogP contribution in [0.1, 0.15) is 21.5 Å². The molecule has 0 atom stereocenters. The van der Waals surface area contributed by atoms with Gasteiger partial charge in [0.25, 0.3) is 5.91 Å². The summed E-state index contributed by atoms with van der Waals surface area (Å²) < 4.78 is 0. The van der Waals surface area contributed by atoms with E-state index < -0.39 is 0 Å². The number of carbonyl (C=O) groups excluding carboxylic acids is 2. The molecule has 0 radical (unpaired) electrons. The van der Waals surface area contributed by atoms with E-state index >= 15 is 0 Å². The lowest BCUT2D eigenvalue weighted by Crippen LogP contribution is -2.19. The molecule has 0 saturated heterocycles. The van der Waals surface area contributed by atoms with Crippen LogP contribution in [0.3, 0.4) is 0 Å². The molecule has 0 aliphatic carbocycles. The van der Waals surface area contributed by atoms with Crippen molar-refractivity contribution >= 4 is 17.5 Å². The van der Waals surface area contributed by atoms with Crippen molar-refractivity contribution in [2.45, 2.75) is 6.42 Å². The van der Waals surface area contributed by atoms with Gasteiger partial charge in [-0.3, -0.25) is 9.59 Å². The number of nitrogens with zero attached hydrogens (tertiary/aromatic N) is 1. The Hall–Kier alpha value is -3.91. The van der Waals surface area contributed by atoms with Crippen molar-refractivity contribution in [2.75, 3.05) is 12.4 Å². The molecule has 0 aromatic heterocycles. The molecular weight excluding hydrogens is 350 g/mol. The fourth-order valence-corrected chi connectivity index (χ4v) is 2.91. The normalized spacial score (nSPS) is 10.0. The number of hydrogen-bond acceptors (Lipinski definition) is 3. The van der Waals surface area contributed by atoms with E-state index in [1.807, 2.05) is 36.4 Å². The molecule has 0 heterocycles. The van der Waals surface area contributed by atoms with Crippen molar-refractivity contribution in [2.24, 2.45) is 0 Å². The molecular formula is C23H19N3O2. The van der Waals surface area contributed by atoms with Crippen LogP contribution in [0.5, 0.6) is 0 Å². The van der Waals surface area contributed by atoms with Crippen LogP contribution in [0, 0.1) is 11.3 Å². The van der Waals surface area contributed by atoms with Crippen LogP contribution in [0.4, 0.5) is 5.69 Å². The fourth-order valence-electron chi connectivity index (χ4n) is 2.91. The van der Waals surface area contributed by atoms with Crippen molar-refractivity contribution in [1.82, 2.24) is 5.32 Å². The molecule has 0 spiro atoms. The molecule has 0 bridgehead atoms. The first kappa shape index (κ1) is 18.9. The molecule has 3 rings (SSSR count). The number of hydrogen-bond donors (Lipinski definition) is 2. The second kappa shape index (κ2) is 8.65. The molecule has 0 aliphatic heterocycles. The highest BCUT2D eigenvalue weighted by Gasteiger charge is 2.15. The molecule has 0 fully saturated rings. The highest BCUT2D eigenvalue weighted by atomic mass is 16.2. The Morgan fingerprint density at radius 3 is 2.21 bits per heavy atom. The first-order valence-corrected chi connectivity index (χ1v) is 8.82. The van der Waals surface area contributed by atoms with E-state index in [0.29, 0.717) is 28.8 Å². The Morgan fingerprint density at radius 1 is 0.893 bits per heavy atom. The van der Waals surface area contributed by atoms with E-state index in [9.17, 15) is 14.9 Å². The average molecular weight is 369 g/mol. The summed E-state index contributed by atoms with van der Waals surface area (Å²) in [7, 11) is 1.60. The number of nitriles is 1. The van der Waals surface area contributed by atoms with Crippen molar-refractivity contribution in [3.63, 3.8) is 0 Å². The largest absolute Gasteiger partial charge is 0.359 e. The third-order valence-corrected chi connectivity index (χ3v) is 4.36. The summed E-state index contributed by atoms with van der Waals surface area (Å²) in [6.45, 7) is 0. The molecule has 2 amide bonds. The molecule has 0 saturated carbocycles. The number of carbonyl (C=O) groups is 2. The van der Waals surface area contributed by atoms with E-state index in [4.69, 9.17) is 0 Å². The summed E-state index contributed by atoms with van der Waals surface area (Å²) in [5.74, 6) is -0.329. The van der Waals surface area contributed by atoms with Gasteiger partial charge in [0.1, 0.15) is 0 Å². The number of benzene rings is 3. The van der Waals surface area contributed by atoms with Gasteiger partial charge in [0.05, 0.1) is 18.1 Å². The van der Waals surface area contributed by atoms with Crippen molar-refractivity contribution in [1.29, 1.82) is 5.26 Å². The first-order valence-electron chi connectivity index (χ1n) is 8.82. The first-order chi connectivity index (χ1) is 13.6. The van der Waals surface area contributed by atoms with Gasteiger partial charge < -0.3 is 10.6 Å². The maximum absolute atomic E-state index is 12.9. The van der Waals surface area contributed by atoms with Crippen LogP contribution in [0.15, 0.2) is 72.8 Å².